The van der Waals surface area contributed by atoms with Gasteiger partial charge in [-0.25, -0.2) is 0 Å². The molecule has 0 radical (unpaired) electrons. The van der Waals surface area contributed by atoms with Crippen molar-refractivity contribution >= 4 is 0 Å². The molecular weight excluding hydrogens is 174 g/mol. The number of nitrogens with one attached hydrogen (secondary N) is 1. The summed E-state index contributed by atoms with van der Waals surface area (Å²) in [6.07, 6.45) is 7.46. The number of hydrogen-bond acceptors (Lipinski definition) is 2. The standard InChI is InChI=1S/C12H23NO/c1-9-5-6-10(7-9)8-13-11-3-2-4-12(11)14/h9-14H,2-8H2,1H3/t9?,10?,11-,12-/m1/s1. The Morgan fingerprint density at radius 1 is 1.21 bits per heavy atom. The fraction of sp³-hybridized carbons (Fsp3) is 1.00. The number of hydrogen-bond donors (Lipinski definition) is 2. The molecule has 2 unspecified atom stereocenters. The quantitative estimate of drug-likeness (QED) is 0.724. The molecule has 2 rings (SSSR count). The highest BCUT2D eigenvalue weighted by molar-refractivity contribution is 4.84. The van der Waals surface area contributed by atoms with Crippen molar-refractivity contribution in [3.8, 4) is 0 Å². The lowest BCUT2D eigenvalue weighted by molar-refractivity contribution is 0.146. The van der Waals surface area contributed by atoms with Crippen molar-refractivity contribution in [2.75, 3.05) is 6.54 Å². The molecule has 0 aromatic rings. The second kappa shape index (κ2) is 4.63. The SMILES string of the molecule is CC1CCC(CN[C@@H]2CCC[C@H]2O)C1. The van der Waals surface area contributed by atoms with E-state index in [9.17, 15) is 5.11 Å². The molecule has 2 aliphatic rings. The van der Waals surface area contributed by atoms with Crippen LogP contribution in [0, 0.1) is 11.8 Å². The Balaban J connectivity index is 1.67. The summed E-state index contributed by atoms with van der Waals surface area (Å²) < 4.78 is 0. The molecule has 2 N–H and O–H groups in total. The third-order valence-corrected chi connectivity index (χ3v) is 3.95. The van der Waals surface area contributed by atoms with Gasteiger partial charge >= 0.3 is 0 Å². The maximum absolute atomic E-state index is 9.65. The number of aliphatic hydroxyl groups excluding tert-OH is 1. The average Bonchev–Trinajstić information content (AvgIpc) is 2.72. The molecule has 0 bridgehead atoms. The highest BCUT2D eigenvalue weighted by Crippen LogP contribution is 2.30. The van der Waals surface area contributed by atoms with Gasteiger partial charge in [-0.05, 0) is 50.5 Å². The van der Waals surface area contributed by atoms with Crippen molar-refractivity contribution in [3.05, 3.63) is 0 Å². The van der Waals surface area contributed by atoms with Gasteiger partial charge in [0.15, 0.2) is 0 Å². The van der Waals surface area contributed by atoms with Gasteiger partial charge in [0.25, 0.3) is 0 Å². The third-order valence-electron chi connectivity index (χ3n) is 3.95. The topological polar surface area (TPSA) is 32.3 Å². The molecule has 14 heavy (non-hydrogen) atoms. The van der Waals surface area contributed by atoms with Crippen LogP contribution in [-0.4, -0.2) is 23.8 Å². The maximum atomic E-state index is 9.65. The van der Waals surface area contributed by atoms with Crippen molar-refractivity contribution in [1.82, 2.24) is 5.32 Å². The van der Waals surface area contributed by atoms with Crippen molar-refractivity contribution in [2.24, 2.45) is 11.8 Å². The van der Waals surface area contributed by atoms with Crippen molar-refractivity contribution in [2.45, 2.75) is 57.6 Å². The summed E-state index contributed by atoms with van der Waals surface area (Å²) >= 11 is 0. The Morgan fingerprint density at radius 3 is 2.64 bits per heavy atom. The van der Waals surface area contributed by atoms with Crippen LogP contribution < -0.4 is 5.32 Å². The molecular formula is C12H23NO. The van der Waals surface area contributed by atoms with E-state index >= 15 is 0 Å². The normalized spacial score (nSPS) is 43.3. The average molecular weight is 197 g/mol. The fourth-order valence-electron chi connectivity index (χ4n) is 3.01. The zero-order valence-corrected chi connectivity index (χ0v) is 9.21. The summed E-state index contributed by atoms with van der Waals surface area (Å²) in [5, 5.41) is 13.2. The lowest BCUT2D eigenvalue weighted by Gasteiger charge is -2.19. The summed E-state index contributed by atoms with van der Waals surface area (Å²) in [5.74, 6) is 1.80. The van der Waals surface area contributed by atoms with Crippen molar-refractivity contribution in [1.29, 1.82) is 0 Å². The van der Waals surface area contributed by atoms with Gasteiger partial charge in [0.2, 0.25) is 0 Å². The Morgan fingerprint density at radius 2 is 2.07 bits per heavy atom. The second-order valence-corrected chi connectivity index (χ2v) is 5.30. The zero-order valence-electron chi connectivity index (χ0n) is 9.21. The minimum atomic E-state index is -0.0752. The highest BCUT2D eigenvalue weighted by atomic mass is 16.3. The van der Waals surface area contributed by atoms with E-state index < -0.39 is 0 Å². The minimum Gasteiger partial charge on any atom is -0.392 e. The summed E-state index contributed by atoms with van der Waals surface area (Å²) in [5.41, 5.74) is 0. The van der Waals surface area contributed by atoms with Gasteiger partial charge in [-0.15, -0.1) is 0 Å². The lowest BCUT2D eigenvalue weighted by Crippen LogP contribution is -2.38. The molecule has 2 saturated carbocycles. The van der Waals surface area contributed by atoms with Crippen LogP contribution >= 0.6 is 0 Å². The van der Waals surface area contributed by atoms with Gasteiger partial charge in [0, 0.05) is 6.04 Å². The molecule has 4 atom stereocenters. The Bertz CT molecular complexity index is 183. The molecule has 0 spiro atoms. The summed E-state index contributed by atoms with van der Waals surface area (Å²) in [7, 11) is 0. The molecule has 0 aromatic carbocycles. The zero-order chi connectivity index (χ0) is 9.97. The molecule has 82 valence electrons. The van der Waals surface area contributed by atoms with Crippen LogP contribution in [0.25, 0.3) is 0 Å². The predicted molar refractivity (Wildman–Crippen MR) is 58.2 cm³/mol. The monoisotopic (exact) mass is 197 g/mol. The third kappa shape index (κ3) is 2.48. The van der Waals surface area contributed by atoms with Crippen LogP contribution in [0.15, 0.2) is 0 Å². The minimum absolute atomic E-state index is 0.0752. The van der Waals surface area contributed by atoms with Crippen molar-refractivity contribution in [3.63, 3.8) is 0 Å². The van der Waals surface area contributed by atoms with Crippen LogP contribution in [0.2, 0.25) is 0 Å². The van der Waals surface area contributed by atoms with Gasteiger partial charge in [-0.3, -0.25) is 0 Å². The van der Waals surface area contributed by atoms with E-state index in [4.69, 9.17) is 0 Å². The van der Waals surface area contributed by atoms with E-state index in [2.05, 4.69) is 12.2 Å². The molecule has 0 aliphatic heterocycles. The van der Waals surface area contributed by atoms with Crippen LogP contribution in [0.4, 0.5) is 0 Å². The van der Waals surface area contributed by atoms with E-state index in [0.717, 1.165) is 24.8 Å². The van der Waals surface area contributed by atoms with Gasteiger partial charge in [0.1, 0.15) is 0 Å². The number of aliphatic hydroxyl groups is 1. The first-order chi connectivity index (χ1) is 6.75. The first-order valence-corrected chi connectivity index (χ1v) is 6.17. The molecule has 0 heterocycles. The largest absolute Gasteiger partial charge is 0.392 e. The Labute approximate surface area is 87.1 Å². The fourth-order valence-corrected chi connectivity index (χ4v) is 3.01. The maximum Gasteiger partial charge on any atom is 0.0693 e. The molecule has 2 aliphatic carbocycles. The highest BCUT2D eigenvalue weighted by Gasteiger charge is 2.27. The van der Waals surface area contributed by atoms with E-state index in [-0.39, 0.29) is 6.10 Å². The summed E-state index contributed by atoms with van der Waals surface area (Å²) in [6, 6.07) is 0.394. The summed E-state index contributed by atoms with van der Waals surface area (Å²) in [4.78, 5) is 0. The molecule has 0 aromatic heterocycles. The van der Waals surface area contributed by atoms with Crippen molar-refractivity contribution < 1.29 is 5.11 Å². The predicted octanol–water partition coefficient (Wildman–Crippen LogP) is 1.93. The van der Waals surface area contributed by atoms with Gasteiger partial charge in [-0.2, -0.15) is 0 Å². The van der Waals surface area contributed by atoms with Crippen LogP contribution in [0.1, 0.15) is 45.4 Å². The first kappa shape index (κ1) is 10.4. The second-order valence-electron chi connectivity index (χ2n) is 5.30. The smallest absolute Gasteiger partial charge is 0.0693 e. The van der Waals surface area contributed by atoms with Gasteiger partial charge in [-0.1, -0.05) is 13.3 Å². The molecule has 0 saturated heterocycles. The van der Waals surface area contributed by atoms with E-state index in [1.54, 1.807) is 0 Å². The lowest BCUT2D eigenvalue weighted by atomic mass is 10.1. The van der Waals surface area contributed by atoms with E-state index in [1.807, 2.05) is 0 Å². The first-order valence-electron chi connectivity index (χ1n) is 6.17. The van der Waals surface area contributed by atoms with E-state index in [1.165, 1.54) is 32.1 Å². The van der Waals surface area contributed by atoms with Crippen LogP contribution in [0.3, 0.4) is 0 Å². The summed E-state index contributed by atoms with van der Waals surface area (Å²) in [6.45, 7) is 3.48. The Kier molecular flexibility index (Phi) is 3.45. The Hall–Kier alpha value is -0.0800. The van der Waals surface area contributed by atoms with Crippen LogP contribution in [-0.2, 0) is 0 Å². The van der Waals surface area contributed by atoms with Crippen LogP contribution in [0.5, 0.6) is 0 Å². The van der Waals surface area contributed by atoms with E-state index in [0.29, 0.717) is 6.04 Å². The molecule has 2 nitrogen and oxygen atoms in total. The molecule has 2 fully saturated rings. The van der Waals surface area contributed by atoms with Gasteiger partial charge < -0.3 is 10.4 Å². The van der Waals surface area contributed by atoms with Gasteiger partial charge in [0.05, 0.1) is 6.10 Å². The number of rotatable bonds is 3. The molecule has 0 amide bonds. The molecule has 2 heteroatoms.